The fourth-order valence-electron chi connectivity index (χ4n) is 6.42. The van der Waals surface area contributed by atoms with Gasteiger partial charge in [0.25, 0.3) is 11.8 Å². The summed E-state index contributed by atoms with van der Waals surface area (Å²) in [6, 6.07) is 8.09. The van der Waals surface area contributed by atoms with Gasteiger partial charge in [0.15, 0.2) is 0 Å². The number of piperidine rings is 2. The second kappa shape index (κ2) is 12.4. The monoisotopic (exact) mass is 533 g/mol. The largest absolute Gasteiger partial charge is 0.493 e. The zero-order valence-corrected chi connectivity index (χ0v) is 23.7. The molecule has 3 atom stereocenters. The van der Waals surface area contributed by atoms with Crippen LogP contribution in [-0.2, 0) is 6.42 Å². The molecule has 4 heterocycles. The van der Waals surface area contributed by atoms with Crippen molar-refractivity contribution in [2.24, 2.45) is 5.92 Å². The smallest absolute Gasteiger partial charge is 0.253 e. The molecule has 0 spiro atoms. The van der Waals surface area contributed by atoms with Gasteiger partial charge in [-0.15, -0.1) is 0 Å². The summed E-state index contributed by atoms with van der Waals surface area (Å²) in [6.07, 6.45) is 7.92. The second-order valence-corrected chi connectivity index (χ2v) is 11.5. The second-order valence-electron chi connectivity index (χ2n) is 11.5. The van der Waals surface area contributed by atoms with Gasteiger partial charge < -0.3 is 25.2 Å². The van der Waals surface area contributed by atoms with Crippen LogP contribution in [0.3, 0.4) is 0 Å². The van der Waals surface area contributed by atoms with Crippen LogP contribution in [0, 0.1) is 12.8 Å². The first-order valence-electron chi connectivity index (χ1n) is 14.7. The molecule has 3 aliphatic rings. The van der Waals surface area contributed by atoms with E-state index in [-0.39, 0.29) is 23.9 Å². The Labute approximate surface area is 232 Å². The molecule has 0 bridgehead atoms. The summed E-state index contributed by atoms with van der Waals surface area (Å²) >= 11 is 0. The van der Waals surface area contributed by atoms with Crippen molar-refractivity contribution in [1.82, 2.24) is 20.5 Å². The molecule has 0 saturated carbocycles. The molecule has 8 nitrogen and oxygen atoms in total. The van der Waals surface area contributed by atoms with Gasteiger partial charge >= 0.3 is 0 Å². The van der Waals surface area contributed by atoms with Crippen LogP contribution in [0.4, 0.5) is 5.82 Å². The number of likely N-dealkylation sites (N-methyl/N-ethyl adjacent to an activating group) is 1. The SMILES string of the molecule is CCN1CCC[C@@H](NC(=O)c2ccc(N3CCCC(CC(C)NC(=O)c4ccc5c(c4C)OCC5)C3)nc2)C1. The zero-order valence-electron chi connectivity index (χ0n) is 23.7. The molecule has 2 saturated heterocycles. The Kier molecular flexibility index (Phi) is 8.70. The molecule has 3 aliphatic heterocycles. The number of nitrogens with zero attached hydrogens (tertiary/aromatic N) is 3. The summed E-state index contributed by atoms with van der Waals surface area (Å²) in [5.74, 6) is 2.19. The van der Waals surface area contributed by atoms with Gasteiger partial charge in [-0.2, -0.15) is 0 Å². The molecule has 2 aromatic rings. The van der Waals surface area contributed by atoms with E-state index in [2.05, 4.69) is 39.3 Å². The summed E-state index contributed by atoms with van der Waals surface area (Å²) in [5, 5.41) is 6.41. The lowest BCUT2D eigenvalue weighted by atomic mass is 9.91. The van der Waals surface area contributed by atoms with Gasteiger partial charge in [0, 0.05) is 55.5 Å². The predicted molar refractivity (Wildman–Crippen MR) is 154 cm³/mol. The van der Waals surface area contributed by atoms with E-state index in [0.717, 1.165) is 88.4 Å². The van der Waals surface area contributed by atoms with E-state index in [1.54, 1.807) is 6.20 Å². The van der Waals surface area contributed by atoms with Crippen molar-refractivity contribution in [2.45, 2.75) is 71.4 Å². The highest BCUT2D eigenvalue weighted by Gasteiger charge is 2.26. The van der Waals surface area contributed by atoms with Crippen molar-refractivity contribution in [3.05, 3.63) is 52.7 Å². The number of fused-ring (bicyclic) bond motifs is 1. The predicted octanol–water partition coefficient (Wildman–Crippen LogP) is 3.96. The van der Waals surface area contributed by atoms with Gasteiger partial charge in [0.1, 0.15) is 11.6 Å². The van der Waals surface area contributed by atoms with E-state index < -0.39 is 0 Å². The molecule has 0 radical (unpaired) electrons. The number of aromatic nitrogens is 1. The number of carbonyl (C=O) groups is 2. The van der Waals surface area contributed by atoms with Crippen LogP contribution in [-0.4, -0.2) is 73.1 Å². The van der Waals surface area contributed by atoms with Crippen molar-refractivity contribution < 1.29 is 14.3 Å². The Morgan fingerprint density at radius 3 is 2.74 bits per heavy atom. The summed E-state index contributed by atoms with van der Waals surface area (Å²) in [5.41, 5.74) is 3.44. The maximum Gasteiger partial charge on any atom is 0.253 e. The fourth-order valence-corrected chi connectivity index (χ4v) is 6.42. The number of likely N-dealkylation sites (tertiary alicyclic amines) is 1. The van der Waals surface area contributed by atoms with Crippen molar-refractivity contribution in [3.8, 4) is 5.75 Å². The molecule has 8 heteroatoms. The molecule has 5 rings (SSSR count). The maximum absolute atomic E-state index is 13.0. The average Bonchev–Trinajstić information content (AvgIpc) is 3.43. The summed E-state index contributed by atoms with van der Waals surface area (Å²) in [7, 11) is 0. The highest BCUT2D eigenvalue weighted by atomic mass is 16.5. The van der Waals surface area contributed by atoms with Gasteiger partial charge in [-0.3, -0.25) is 9.59 Å². The highest BCUT2D eigenvalue weighted by Crippen LogP contribution is 2.31. The highest BCUT2D eigenvalue weighted by molar-refractivity contribution is 5.96. The lowest BCUT2D eigenvalue weighted by Crippen LogP contribution is -2.47. The normalized spacial score (nSPS) is 22.1. The van der Waals surface area contributed by atoms with E-state index >= 15 is 0 Å². The third-order valence-corrected chi connectivity index (χ3v) is 8.56. The van der Waals surface area contributed by atoms with Crippen molar-refractivity contribution in [1.29, 1.82) is 0 Å². The van der Waals surface area contributed by atoms with E-state index in [4.69, 9.17) is 4.74 Å². The van der Waals surface area contributed by atoms with Crippen LogP contribution in [0.15, 0.2) is 30.5 Å². The first kappa shape index (κ1) is 27.4. The average molecular weight is 534 g/mol. The molecule has 39 heavy (non-hydrogen) atoms. The van der Waals surface area contributed by atoms with E-state index in [0.29, 0.717) is 23.7 Å². The number of pyridine rings is 1. The first-order valence-corrected chi connectivity index (χ1v) is 14.7. The van der Waals surface area contributed by atoms with Gasteiger partial charge in [0.05, 0.1) is 12.2 Å². The van der Waals surface area contributed by atoms with E-state index in [1.165, 1.54) is 5.56 Å². The summed E-state index contributed by atoms with van der Waals surface area (Å²) in [6.45, 7) is 11.8. The lowest BCUT2D eigenvalue weighted by molar-refractivity contribution is 0.0903. The number of carbonyl (C=O) groups excluding carboxylic acids is 2. The molecule has 1 aromatic heterocycles. The lowest BCUT2D eigenvalue weighted by Gasteiger charge is -2.35. The Morgan fingerprint density at radius 1 is 1.10 bits per heavy atom. The zero-order chi connectivity index (χ0) is 27.4. The Bertz CT molecular complexity index is 1170. The summed E-state index contributed by atoms with van der Waals surface area (Å²) < 4.78 is 5.75. The standard InChI is InChI=1S/C31H43N5O3/c1-4-35-14-6-8-26(20-35)34-30(37)25-10-12-28(32-18-25)36-15-5-7-23(19-36)17-21(2)33-31(38)27-11-9-24-13-16-39-29(24)22(27)3/h9-12,18,21,23,26H,4-8,13-17,19-20H2,1-3H3,(H,33,38)(H,34,37)/t21?,23?,26-/m1/s1. The molecule has 2 amide bonds. The number of rotatable bonds is 8. The minimum atomic E-state index is -0.0386. The third kappa shape index (κ3) is 6.55. The fraction of sp³-hybridized carbons (Fsp3) is 0.581. The molecular weight excluding hydrogens is 490 g/mol. The van der Waals surface area contributed by atoms with Gasteiger partial charge in [-0.25, -0.2) is 4.98 Å². The number of ether oxygens (including phenoxy) is 1. The van der Waals surface area contributed by atoms with Crippen LogP contribution in [0.25, 0.3) is 0 Å². The molecular formula is C31H43N5O3. The molecule has 2 fully saturated rings. The van der Waals surface area contributed by atoms with Gasteiger partial charge in [-0.05, 0) is 88.7 Å². The first-order chi connectivity index (χ1) is 18.9. The molecule has 2 unspecified atom stereocenters. The molecule has 210 valence electrons. The van der Waals surface area contributed by atoms with Crippen molar-refractivity contribution in [3.63, 3.8) is 0 Å². The van der Waals surface area contributed by atoms with Crippen LogP contribution in [0.1, 0.15) is 77.8 Å². The Balaban J connectivity index is 1.12. The molecule has 2 N–H and O–H groups in total. The minimum absolute atomic E-state index is 0.0304. The summed E-state index contributed by atoms with van der Waals surface area (Å²) in [4.78, 5) is 35.2. The Morgan fingerprint density at radius 2 is 1.95 bits per heavy atom. The number of amides is 2. The van der Waals surface area contributed by atoms with Gasteiger partial charge in [-0.1, -0.05) is 13.0 Å². The van der Waals surface area contributed by atoms with Crippen LogP contribution >= 0.6 is 0 Å². The topological polar surface area (TPSA) is 86.8 Å². The van der Waals surface area contributed by atoms with E-state index in [9.17, 15) is 9.59 Å². The number of benzene rings is 1. The van der Waals surface area contributed by atoms with Crippen LogP contribution in [0.5, 0.6) is 5.75 Å². The van der Waals surface area contributed by atoms with Crippen LogP contribution < -0.4 is 20.3 Å². The number of anilines is 1. The van der Waals surface area contributed by atoms with Gasteiger partial charge in [0.2, 0.25) is 0 Å². The van der Waals surface area contributed by atoms with E-state index in [1.807, 2.05) is 31.2 Å². The van der Waals surface area contributed by atoms with Crippen molar-refractivity contribution in [2.75, 3.05) is 44.2 Å². The minimum Gasteiger partial charge on any atom is -0.493 e. The third-order valence-electron chi connectivity index (χ3n) is 8.56. The molecule has 1 aromatic carbocycles. The molecule has 0 aliphatic carbocycles. The Hall–Kier alpha value is -3.13. The maximum atomic E-state index is 13.0. The van der Waals surface area contributed by atoms with Crippen LogP contribution in [0.2, 0.25) is 0 Å². The quantitative estimate of drug-likeness (QED) is 0.534. The van der Waals surface area contributed by atoms with Crippen molar-refractivity contribution >= 4 is 17.6 Å². The number of hydrogen-bond acceptors (Lipinski definition) is 6. The number of hydrogen-bond donors (Lipinski definition) is 2. The number of nitrogens with one attached hydrogen (secondary N) is 2.